The Labute approximate surface area is 128 Å². The molecule has 0 fully saturated rings. The summed E-state index contributed by atoms with van der Waals surface area (Å²) in [6, 6.07) is -0.454. The van der Waals surface area contributed by atoms with Crippen LogP contribution in [-0.4, -0.2) is 44.0 Å². The molecule has 0 bridgehead atoms. The van der Waals surface area contributed by atoms with Crippen LogP contribution < -0.4 is 5.32 Å². The second-order valence-corrected chi connectivity index (χ2v) is 5.61. The van der Waals surface area contributed by atoms with E-state index < -0.39 is 12.0 Å². The van der Waals surface area contributed by atoms with Crippen molar-refractivity contribution in [2.75, 3.05) is 12.3 Å². The lowest BCUT2D eigenvalue weighted by molar-refractivity contribution is -0.133. The zero-order valence-corrected chi connectivity index (χ0v) is 13.4. The molecule has 0 aliphatic rings. The number of carboxylic acid groups (broad SMARTS) is 1. The van der Waals surface area contributed by atoms with E-state index in [-0.39, 0.29) is 11.7 Å². The minimum absolute atomic E-state index is 0.104. The number of carbonyl (C=O) groups excluding carboxylic acids is 1. The van der Waals surface area contributed by atoms with Crippen LogP contribution in [-0.2, 0) is 16.0 Å². The van der Waals surface area contributed by atoms with Crippen molar-refractivity contribution in [1.29, 1.82) is 0 Å². The SMILES string of the molecule is CCCNC(=O)C(C)n1c(CCC)nnc1SCC(=O)O. The lowest BCUT2D eigenvalue weighted by Crippen LogP contribution is -2.32. The fraction of sp³-hybridized carbons (Fsp3) is 0.692. The van der Waals surface area contributed by atoms with E-state index in [4.69, 9.17) is 5.11 Å². The van der Waals surface area contributed by atoms with Crippen LogP contribution in [0.25, 0.3) is 0 Å². The molecule has 8 heteroatoms. The second-order valence-electron chi connectivity index (χ2n) is 4.67. The van der Waals surface area contributed by atoms with Gasteiger partial charge in [-0.3, -0.25) is 14.2 Å². The van der Waals surface area contributed by atoms with Gasteiger partial charge in [-0.1, -0.05) is 25.6 Å². The van der Waals surface area contributed by atoms with Crippen LogP contribution in [0.5, 0.6) is 0 Å². The molecule has 1 amide bonds. The summed E-state index contributed by atoms with van der Waals surface area (Å²) in [6.45, 7) is 6.40. The van der Waals surface area contributed by atoms with Gasteiger partial charge in [-0.15, -0.1) is 10.2 Å². The monoisotopic (exact) mass is 314 g/mol. The summed E-state index contributed by atoms with van der Waals surface area (Å²) < 4.78 is 1.74. The van der Waals surface area contributed by atoms with Crippen LogP contribution in [0.15, 0.2) is 5.16 Å². The van der Waals surface area contributed by atoms with Gasteiger partial charge in [-0.2, -0.15) is 0 Å². The molecule has 2 N–H and O–H groups in total. The van der Waals surface area contributed by atoms with E-state index in [1.54, 1.807) is 11.5 Å². The molecule has 0 spiro atoms. The molecule has 1 unspecified atom stereocenters. The van der Waals surface area contributed by atoms with E-state index in [0.717, 1.165) is 24.6 Å². The highest BCUT2D eigenvalue weighted by Gasteiger charge is 2.23. The lowest BCUT2D eigenvalue weighted by Gasteiger charge is -2.17. The fourth-order valence-corrected chi connectivity index (χ4v) is 2.58. The number of aryl methyl sites for hydroxylation is 1. The van der Waals surface area contributed by atoms with Crippen molar-refractivity contribution in [2.45, 2.75) is 51.2 Å². The van der Waals surface area contributed by atoms with Gasteiger partial charge in [0.1, 0.15) is 11.9 Å². The topological polar surface area (TPSA) is 97.1 Å². The third-order valence-corrected chi connectivity index (χ3v) is 3.78. The van der Waals surface area contributed by atoms with Crippen molar-refractivity contribution < 1.29 is 14.7 Å². The molecule has 1 aromatic heterocycles. The van der Waals surface area contributed by atoms with E-state index in [2.05, 4.69) is 15.5 Å². The number of hydrogen-bond donors (Lipinski definition) is 2. The molecule has 0 saturated carbocycles. The van der Waals surface area contributed by atoms with Crippen LogP contribution in [0, 0.1) is 0 Å². The zero-order valence-electron chi connectivity index (χ0n) is 12.6. The van der Waals surface area contributed by atoms with Gasteiger partial charge in [-0.05, 0) is 19.8 Å². The minimum atomic E-state index is -0.922. The van der Waals surface area contributed by atoms with Gasteiger partial charge in [0.2, 0.25) is 5.91 Å². The number of carbonyl (C=O) groups is 2. The Balaban J connectivity index is 2.95. The smallest absolute Gasteiger partial charge is 0.313 e. The highest BCUT2D eigenvalue weighted by Crippen LogP contribution is 2.22. The Kier molecular flexibility index (Phi) is 7.21. The molecule has 0 aliphatic carbocycles. The largest absolute Gasteiger partial charge is 0.481 e. The quantitative estimate of drug-likeness (QED) is 0.670. The molecule has 0 aliphatic heterocycles. The number of aliphatic carboxylic acids is 1. The zero-order chi connectivity index (χ0) is 15.8. The Hall–Kier alpha value is -1.57. The summed E-state index contributed by atoms with van der Waals surface area (Å²) in [5.41, 5.74) is 0. The molecule has 7 nitrogen and oxygen atoms in total. The van der Waals surface area contributed by atoms with E-state index in [1.165, 1.54) is 0 Å². The number of carboxylic acids is 1. The molecular weight excluding hydrogens is 292 g/mol. The van der Waals surface area contributed by atoms with E-state index in [9.17, 15) is 9.59 Å². The van der Waals surface area contributed by atoms with Crippen LogP contribution >= 0.6 is 11.8 Å². The summed E-state index contributed by atoms with van der Waals surface area (Å²) in [5.74, 6) is -0.418. The van der Waals surface area contributed by atoms with Gasteiger partial charge in [-0.25, -0.2) is 0 Å². The van der Waals surface area contributed by atoms with Crippen molar-refractivity contribution in [1.82, 2.24) is 20.1 Å². The van der Waals surface area contributed by atoms with Gasteiger partial charge < -0.3 is 10.4 Å². The summed E-state index contributed by atoms with van der Waals surface area (Å²) in [5, 5.41) is 20.2. The normalized spacial score (nSPS) is 12.1. The first-order chi connectivity index (χ1) is 10.0. The molecule has 1 atom stereocenters. The molecular formula is C13H22N4O3S. The van der Waals surface area contributed by atoms with Crippen LogP contribution in [0.4, 0.5) is 0 Å². The van der Waals surface area contributed by atoms with E-state index >= 15 is 0 Å². The van der Waals surface area contributed by atoms with Gasteiger partial charge >= 0.3 is 5.97 Å². The van der Waals surface area contributed by atoms with Crippen LogP contribution in [0.1, 0.15) is 45.5 Å². The van der Waals surface area contributed by atoms with Crippen molar-refractivity contribution in [3.8, 4) is 0 Å². The Bertz CT molecular complexity index is 490. The Morgan fingerprint density at radius 1 is 1.33 bits per heavy atom. The van der Waals surface area contributed by atoms with Gasteiger partial charge in [0.15, 0.2) is 5.16 Å². The van der Waals surface area contributed by atoms with Crippen LogP contribution in [0.3, 0.4) is 0 Å². The Morgan fingerprint density at radius 3 is 2.62 bits per heavy atom. The average Bonchev–Trinajstić information content (AvgIpc) is 2.85. The number of thioether (sulfide) groups is 1. The molecule has 1 aromatic rings. The highest BCUT2D eigenvalue weighted by molar-refractivity contribution is 7.99. The summed E-state index contributed by atoms with van der Waals surface area (Å²) in [4.78, 5) is 22.8. The summed E-state index contributed by atoms with van der Waals surface area (Å²) >= 11 is 1.08. The van der Waals surface area contributed by atoms with Crippen LogP contribution in [0.2, 0.25) is 0 Å². The maximum atomic E-state index is 12.1. The standard InChI is InChI=1S/C13H22N4O3S/c1-4-6-10-15-16-13(21-8-11(18)19)17(10)9(3)12(20)14-7-5-2/h9H,4-8H2,1-3H3,(H,14,20)(H,18,19). The third-order valence-electron chi connectivity index (χ3n) is 2.85. The first-order valence-corrected chi connectivity index (χ1v) is 8.05. The Morgan fingerprint density at radius 2 is 2.05 bits per heavy atom. The summed E-state index contributed by atoms with van der Waals surface area (Å²) in [6.07, 6.45) is 2.44. The molecule has 21 heavy (non-hydrogen) atoms. The van der Waals surface area contributed by atoms with Crippen molar-refractivity contribution in [2.24, 2.45) is 0 Å². The average molecular weight is 314 g/mol. The van der Waals surface area contributed by atoms with Gasteiger partial charge in [0.05, 0.1) is 5.75 Å². The van der Waals surface area contributed by atoms with Gasteiger partial charge in [0.25, 0.3) is 0 Å². The molecule has 118 valence electrons. The predicted molar refractivity (Wildman–Crippen MR) is 80.4 cm³/mol. The van der Waals surface area contributed by atoms with Crippen molar-refractivity contribution in [3.63, 3.8) is 0 Å². The lowest BCUT2D eigenvalue weighted by atomic mass is 10.2. The minimum Gasteiger partial charge on any atom is -0.481 e. The second kappa shape index (κ2) is 8.66. The number of aromatic nitrogens is 3. The number of nitrogens with one attached hydrogen (secondary N) is 1. The van der Waals surface area contributed by atoms with Crippen molar-refractivity contribution >= 4 is 23.6 Å². The summed E-state index contributed by atoms with van der Waals surface area (Å²) in [7, 11) is 0. The third kappa shape index (κ3) is 5.04. The highest BCUT2D eigenvalue weighted by atomic mass is 32.2. The first-order valence-electron chi connectivity index (χ1n) is 7.07. The fourth-order valence-electron chi connectivity index (χ4n) is 1.83. The van der Waals surface area contributed by atoms with E-state index in [1.807, 2.05) is 13.8 Å². The van der Waals surface area contributed by atoms with E-state index in [0.29, 0.717) is 23.9 Å². The predicted octanol–water partition coefficient (Wildman–Crippen LogP) is 1.49. The molecule has 0 saturated heterocycles. The number of amides is 1. The molecule has 1 heterocycles. The van der Waals surface area contributed by atoms with Gasteiger partial charge in [0, 0.05) is 13.0 Å². The van der Waals surface area contributed by atoms with Crippen molar-refractivity contribution in [3.05, 3.63) is 5.82 Å². The molecule has 0 aromatic carbocycles. The number of nitrogens with zero attached hydrogens (tertiary/aromatic N) is 3. The number of hydrogen-bond acceptors (Lipinski definition) is 5. The maximum Gasteiger partial charge on any atom is 0.313 e. The number of rotatable bonds is 9. The first kappa shape index (κ1) is 17.5. The molecule has 0 radical (unpaired) electrons. The maximum absolute atomic E-state index is 12.1. The molecule has 1 rings (SSSR count).